The third-order valence-corrected chi connectivity index (χ3v) is 3.10. The highest BCUT2D eigenvalue weighted by Crippen LogP contribution is 2.16. The van der Waals surface area contributed by atoms with Crippen LogP contribution in [0, 0.1) is 6.92 Å². The second-order valence-corrected chi connectivity index (χ2v) is 4.95. The summed E-state index contributed by atoms with van der Waals surface area (Å²) in [4.78, 5) is 20.5. The lowest BCUT2D eigenvalue weighted by atomic mass is 10.1. The summed E-state index contributed by atoms with van der Waals surface area (Å²) in [6.45, 7) is 3.97. The smallest absolute Gasteiger partial charge is 0.255 e. The molecule has 1 N–H and O–H groups in total. The SMILES string of the molecule is CCCc1cc(C(=O)Nc2cnccc2C)cc(Cl)n1. The predicted octanol–water partition coefficient (Wildman–Crippen LogP) is 3.64. The molecule has 0 spiro atoms. The Morgan fingerprint density at radius 2 is 2.20 bits per heavy atom. The molecule has 104 valence electrons. The Hall–Kier alpha value is -1.94. The van der Waals surface area contributed by atoms with Crippen molar-refractivity contribution in [2.24, 2.45) is 0 Å². The van der Waals surface area contributed by atoms with Gasteiger partial charge in [0.1, 0.15) is 5.15 Å². The number of carbonyl (C=O) groups excluding carboxylic acids is 1. The van der Waals surface area contributed by atoms with Gasteiger partial charge in [0.2, 0.25) is 0 Å². The van der Waals surface area contributed by atoms with E-state index in [-0.39, 0.29) is 5.91 Å². The fourth-order valence-electron chi connectivity index (χ4n) is 1.86. The number of nitrogens with one attached hydrogen (secondary N) is 1. The lowest BCUT2D eigenvalue weighted by Crippen LogP contribution is -2.13. The summed E-state index contributed by atoms with van der Waals surface area (Å²) >= 11 is 5.96. The molecule has 0 bridgehead atoms. The van der Waals surface area contributed by atoms with E-state index in [4.69, 9.17) is 11.6 Å². The highest BCUT2D eigenvalue weighted by molar-refractivity contribution is 6.29. The van der Waals surface area contributed by atoms with E-state index in [0.29, 0.717) is 16.4 Å². The van der Waals surface area contributed by atoms with Gasteiger partial charge in [-0.25, -0.2) is 4.98 Å². The van der Waals surface area contributed by atoms with E-state index in [1.54, 1.807) is 24.5 Å². The first-order chi connectivity index (χ1) is 9.60. The number of halogens is 1. The fraction of sp³-hybridized carbons (Fsp3) is 0.267. The zero-order valence-corrected chi connectivity index (χ0v) is 12.2. The third-order valence-electron chi connectivity index (χ3n) is 2.90. The largest absolute Gasteiger partial charge is 0.320 e. The number of aromatic nitrogens is 2. The van der Waals surface area contributed by atoms with Crippen LogP contribution in [0.15, 0.2) is 30.6 Å². The first-order valence-corrected chi connectivity index (χ1v) is 6.86. The summed E-state index contributed by atoms with van der Waals surface area (Å²) in [5.74, 6) is -0.206. The number of rotatable bonds is 4. The molecule has 0 aromatic carbocycles. The first-order valence-electron chi connectivity index (χ1n) is 6.48. The molecule has 0 atom stereocenters. The minimum absolute atomic E-state index is 0.206. The Morgan fingerprint density at radius 3 is 2.90 bits per heavy atom. The molecule has 2 heterocycles. The zero-order valence-electron chi connectivity index (χ0n) is 11.5. The Morgan fingerprint density at radius 1 is 1.40 bits per heavy atom. The molecule has 0 radical (unpaired) electrons. The van der Waals surface area contributed by atoms with Crippen molar-refractivity contribution in [1.29, 1.82) is 0 Å². The van der Waals surface area contributed by atoms with E-state index in [1.165, 1.54) is 0 Å². The highest BCUT2D eigenvalue weighted by Gasteiger charge is 2.10. The molecule has 0 aliphatic carbocycles. The number of anilines is 1. The topological polar surface area (TPSA) is 54.9 Å². The van der Waals surface area contributed by atoms with Crippen molar-refractivity contribution in [3.05, 3.63) is 52.6 Å². The van der Waals surface area contributed by atoms with E-state index in [2.05, 4.69) is 22.2 Å². The summed E-state index contributed by atoms with van der Waals surface area (Å²) < 4.78 is 0. The summed E-state index contributed by atoms with van der Waals surface area (Å²) in [5.41, 5.74) is 2.99. The quantitative estimate of drug-likeness (QED) is 0.874. The molecule has 0 saturated heterocycles. The minimum atomic E-state index is -0.206. The number of nitrogens with zero attached hydrogens (tertiary/aromatic N) is 2. The summed E-state index contributed by atoms with van der Waals surface area (Å²) in [7, 11) is 0. The molecule has 2 aromatic heterocycles. The molecule has 4 nitrogen and oxygen atoms in total. The van der Waals surface area contributed by atoms with Crippen LogP contribution in [0.1, 0.15) is 35.0 Å². The van der Waals surface area contributed by atoms with Gasteiger partial charge in [-0.05, 0) is 37.1 Å². The third kappa shape index (κ3) is 3.54. The molecular weight excluding hydrogens is 274 g/mol. The molecule has 0 aliphatic heterocycles. The van der Waals surface area contributed by atoms with Gasteiger partial charge in [0.05, 0.1) is 11.9 Å². The highest BCUT2D eigenvalue weighted by atomic mass is 35.5. The van der Waals surface area contributed by atoms with Gasteiger partial charge in [0, 0.05) is 17.5 Å². The fourth-order valence-corrected chi connectivity index (χ4v) is 2.08. The molecule has 0 aliphatic rings. The van der Waals surface area contributed by atoms with Gasteiger partial charge in [-0.1, -0.05) is 24.9 Å². The Bertz CT molecular complexity index is 628. The average Bonchev–Trinajstić information content (AvgIpc) is 2.41. The maximum Gasteiger partial charge on any atom is 0.255 e. The van der Waals surface area contributed by atoms with Crippen LogP contribution in [0.5, 0.6) is 0 Å². The van der Waals surface area contributed by atoms with E-state index in [0.717, 1.165) is 24.1 Å². The number of carbonyl (C=O) groups is 1. The van der Waals surface area contributed by atoms with Crippen LogP contribution in [-0.4, -0.2) is 15.9 Å². The predicted molar refractivity (Wildman–Crippen MR) is 80.2 cm³/mol. The maximum absolute atomic E-state index is 12.2. The van der Waals surface area contributed by atoms with Crippen molar-refractivity contribution in [2.45, 2.75) is 26.7 Å². The number of aryl methyl sites for hydroxylation is 2. The second kappa shape index (κ2) is 6.48. The van der Waals surface area contributed by atoms with Crippen molar-refractivity contribution < 1.29 is 4.79 Å². The molecule has 1 amide bonds. The molecule has 0 fully saturated rings. The van der Waals surface area contributed by atoms with Gasteiger partial charge in [-0.3, -0.25) is 9.78 Å². The summed E-state index contributed by atoms with van der Waals surface area (Å²) in [6, 6.07) is 5.19. The monoisotopic (exact) mass is 289 g/mol. The number of amides is 1. The molecule has 0 saturated carbocycles. The lowest BCUT2D eigenvalue weighted by Gasteiger charge is -2.09. The number of hydrogen-bond acceptors (Lipinski definition) is 3. The van der Waals surface area contributed by atoms with Crippen LogP contribution >= 0.6 is 11.6 Å². The Balaban J connectivity index is 2.23. The van der Waals surface area contributed by atoms with Crippen LogP contribution in [0.3, 0.4) is 0 Å². The van der Waals surface area contributed by atoms with Crippen molar-refractivity contribution in [3.63, 3.8) is 0 Å². The van der Waals surface area contributed by atoms with Crippen LogP contribution in [0.25, 0.3) is 0 Å². The Kier molecular flexibility index (Phi) is 4.69. The van der Waals surface area contributed by atoms with E-state index in [1.807, 2.05) is 13.0 Å². The van der Waals surface area contributed by atoms with Crippen LogP contribution < -0.4 is 5.32 Å². The molecule has 20 heavy (non-hydrogen) atoms. The van der Waals surface area contributed by atoms with Gasteiger partial charge in [-0.15, -0.1) is 0 Å². The van der Waals surface area contributed by atoms with Crippen LogP contribution in [0.4, 0.5) is 5.69 Å². The summed E-state index contributed by atoms with van der Waals surface area (Å²) in [6.07, 6.45) is 5.07. The summed E-state index contributed by atoms with van der Waals surface area (Å²) in [5, 5.41) is 3.17. The van der Waals surface area contributed by atoms with E-state index in [9.17, 15) is 4.79 Å². The van der Waals surface area contributed by atoms with E-state index < -0.39 is 0 Å². The molecule has 5 heteroatoms. The maximum atomic E-state index is 12.2. The normalized spacial score (nSPS) is 10.3. The molecule has 0 unspecified atom stereocenters. The van der Waals surface area contributed by atoms with Crippen molar-refractivity contribution in [3.8, 4) is 0 Å². The standard InChI is InChI=1S/C15H16ClN3O/c1-3-4-12-7-11(8-14(16)18-12)15(20)19-13-9-17-6-5-10(13)2/h5-9H,3-4H2,1-2H3,(H,19,20). The van der Waals surface area contributed by atoms with Gasteiger partial charge >= 0.3 is 0 Å². The van der Waals surface area contributed by atoms with Gasteiger partial charge < -0.3 is 5.32 Å². The zero-order chi connectivity index (χ0) is 14.5. The van der Waals surface area contributed by atoms with Crippen LogP contribution in [-0.2, 0) is 6.42 Å². The van der Waals surface area contributed by atoms with Crippen molar-refractivity contribution >= 4 is 23.2 Å². The van der Waals surface area contributed by atoms with Gasteiger partial charge in [0.25, 0.3) is 5.91 Å². The number of pyridine rings is 2. The molecular formula is C15H16ClN3O. The van der Waals surface area contributed by atoms with Crippen molar-refractivity contribution in [2.75, 3.05) is 5.32 Å². The van der Waals surface area contributed by atoms with Crippen molar-refractivity contribution in [1.82, 2.24) is 9.97 Å². The second-order valence-electron chi connectivity index (χ2n) is 4.56. The Labute approximate surface area is 123 Å². The van der Waals surface area contributed by atoms with Gasteiger partial charge in [0.15, 0.2) is 0 Å². The average molecular weight is 290 g/mol. The minimum Gasteiger partial charge on any atom is -0.320 e. The molecule has 2 rings (SSSR count). The van der Waals surface area contributed by atoms with Crippen LogP contribution in [0.2, 0.25) is 5.15 Å². The van der Waals surface area contributed by atoms with E-state index >= 15 is 0 Å². The molecule has 2 aromatic rings. The first kappa shape index (κ1) is 14.5. The lowest BCUT2D eigenvalue weighted by molar-refractivity contribution is 0.102. The van der Waals surface area contributed by atoms with Gasteiger partial charge in [-0.2, -0.15) is 0 Å². The number of hydrogen-bond donors (Lipinski definition) is 1.